The second kappa shape index (κ2) is 5.24. The van der Waals surface area contributed by atoms with Gasteiger partial charge in [0.05, 0.1) is 10.6 Å². The summed E-state index contributed by atoms with van der Waals surface area (Å²) in [6.07, 6.45) is 1.31. The van der Waals surface area contributed by atoms with Crippen molar-refractivity contribution in [3.05, 3.63) is 46.6 Å². The average molecular weight is 318 g/mol. The zero-order chi connectivity index (χ0) is 14.0. The lowest BCUT2D eigenvalue weighted by Crippen LogP contribution is -2.13. The third-order valence-corrected chi connectivity index (χ3v) is 3.99. The van der Waals surface area contributed by atoms with Crippen LogP contribution in [0, 0.1) is 0 Å². The lowest BCUT2D eigenvalue weighted by molar-refractivity contribution is 0.601. The third kappa shape index (κ3) is 3.50. The number of rotatable bonds is 3. The number of halogens is 2. The van der Waals surface area contributed by atoms with Gasteiger partial charge in [0.2, 0.25) is 0 Å². The van der Waals surface area contributed by atoms with Crippen molar-refractivity contribution < 1.29 is 8.42 Å². The van der Waals surface area contributed by atoms with Gasteiger partial charge in [0, 0.05) is 22.3 Å². The van der Waals surface area contributed by atoms with Gasteiger partial charge in [-0.25, -0.2) is 13.4 Å². The van der Waals surface area contributed by atoms with Crippen LogP contribution in [0.5, 0.6) is 0 Å². The van der Waals surface area contributed by atoms with Crippen LogP contribution in [0.1, 0.15) is 0 Å². The van der Waals surface area contributed by atoms with Crippen LogP contribution in [0.4, 0.5) is 11.5 Å². The van der Waals surface area contributed by atoms with Gasteiger partial charge in [-0.15, -0.1) is 0 Å². The second-order valence-corrected chi connectivity index (χ2v) is 6.24. The van der Waals surface area contributed by atoms with E-state index in [2.05, 4.69) is 9.71 Å². The molecule has 1 aromatic carbocycles. The first-order valence-corrected chi connectivity index (χ1v) is 7.31. The van der Waals surface area contributed by atoms with Crippen molar-refractivity contribution in [3.63, 3.8) is 0 Å². The number of nitrogen functional groups attached to an aromatic ring is 1. The summed E-state index contributed by atoms with van der Waals surface area (Å²) in [5, 5.41) is 0.666. The molecule has 1 heterocycles. The van der Waals surface area contributed by atoms with Crippen molar-refractivity contribution >= 4 is 44.7 Å². The summed E-state index contributed by atoms with van der Waals surface area (Å²) < 4.78 is 26.6. The number of nitrogens with one attached hydrogen (secondary N) is 1. The van der Waals surface area contributed by atoms with Crippen molar-refractivity contribution in [2.24, 2.45) is 0 Å². The average Bonchev–Trinajstić information content (AvgIpc) is 2.26. The van der Waals surface area contributed by atoms with Gasteiger partial charge in [-0.3, -0.25) is 4.72 Å². The van der Waals surface area contributed by atoms with Crippen LogP contribution in [0.2, 0.25) is 10.0 Å². The van der Waals surface area contributed by atoms with E-state index in [-0.39, 0.29) is 16.4 Å². The minimum absolute atomic E-state index is 0.0103. The van der Waals surface area contributed by atoms with Crippen molar-refractivity contribution in [1.29, 1.82) is 0 Å². The quantitative estimate of drug-likeness (QED) is 0.911. The highest BCUT2D eigenvalue weighted by atomic mass is 35.5. The zero-order valence-corrected chi connectivity index (χ0v) is 11.8. The molecule has 0 radical (unpaired) electrons. The highest BCUT2D eigenvalue weighted by Crippen LogP contribution is 2.24. The maximum absolute atomic E-state index is 12.1. The summed E-state index contributed by atoms with van der Waals surface area (Å²) in [6.45, 7) is 0. The van der Waals surface area contributed by atoms with E-state index in [4.69, 9.17) is 28.9 Å². The highest BCUT2D eigenvalue weighted by molar-refractivity contribution is 7.92. The lowest BCUT2D eigenvalue weighted by Gasteiger charge is -2.09. The van der Waals surface area contributed by atoms with Gasteiger partial charge in [-0.05, 0) is 24.3 Å². The van der Waals surface area contributed by atoms with Crippen LogP contribution < -0.4 is 10.5 Å². The van der Waals surface area contributed by atoms with E-state index in [9.17, 15) is 8.42 Å². The number of nitrogens with zero attached hydrogens (tertiary/aromatic N) is 1. The van der Waals surface area contributed by atoms with E-state index in [1.165, 1.54) is 36.5 Å². The van der Waals surface area contributed by atoms with E-state index in [0.717, 1.165) is 0 Å². The molecule has 0 saturated carbocycles. The number of nitrogens with two attached hydrogens (primary N) is 1. The molecule has 0 spiro atoms. The molecule has 100 valence electrons. The van der Waals surface area contributed by atoms with Gasteiger partial charge in [0.25, 0.3) is 10.0 Å². The normalized spacial score (nSPS) is 11.3. The Morgan fingerprint density at radius 3 is 2.32 bits per heavy atom. The van der Waals surface area contributed by atoms with Crippen LogP contribution >= 0.6 is 23.2 Å². The fourth-order valence-corrected chi connectivity index (χ4v) is 3.01. The van der Waals surface area contributed by atoms with E-state index in [1.54, 1.807) is 0 Å². The fourth-order valence-electron chi connectivity index (χ4n) is 1.42. The predicted octanol–water partition coefficient (Wildman–Crippen LogP) is 2.77. The summed E-state index contributed by atoms with van der Waals surface area (Å²) in [5.41, 5.74) is 5.72. The predicted molar refractivity (Wildman–Crippen MR) is 75.9 cm³/mol. The molecule has 19 heavy (non-hydrogen) atoms. The Morgan fingerprint density at radius 1 is 1.11 bits per heavy atom. The largest absolute Gasteiger partial charge is 0.384 e. The number of hydrogen-bond donors (Lipinski definition) is 2. The number of pyridine rings is 1. The molecule has 2 rings (SSSR count). The monoisotopic (exact) mass is 317 g/mol. The number of sulfonamides is 1. The minimum atomic E-state index is -3.76. The Kier molecular flexibility index (Phi) is 3.84. The van der Waals surface area contributed by atoms with Gasteiger partial charge in [0.1, 0.15) is 5.82 Å². The molecule has 8 heteroatoms. The number of anilines is 2. The smallest absolute Gasteiger partial charge is 0.262 e. The first kappa shape index (κ1) is 13.9. The van der Waals surface area contributed by atoms with Crippen LogP contribution in [0.3, 0.4) is 0 Å². The molecule has 3 N–H and O–H groups in total. The second-order valence-electron chi connectivity index (χ2n) is 3.68. The van der Waals surface area contributed by atoms with Crippen LogP contribution in [-0.4, -0.2) is 13.4 Å². The molecule has 0 atom stereocenters. The van der Waals surface area contributed by atoms with Gasteiger partial charge < -0.3 is 5.73 Å². The van der Waals surface area contributed by atoms with E-state index >= 15 is 0 Å². The van der Waals surface area contributed by atoms with Crippen molar-refractivity contribution in [2.75, 3.05) is 10.5 Å². The summed E-state index contributed by atoms with van der Waals surface area (Å²) in [7, 11) is -3.76. The molecule has 0 saturated heterocycles. The van der Waals surface area contributed by atoms with Crippen molar-refractivity contribution in [1.82, 2.24) is 4.98 Å². The Bertz CT molecular complexity index is 699. The standard InChI is InChI=1S/C11H9Cl2N3O2S/c12-7-3-8(13)5-9(4-7)16-19(17,18)10-1-2-15-11(14)6-10/h1-6,16H,(H2,14,15). The van der Waals surface area contributed by atoms with Crippen molar-refractivity contribution in [2.45, 2.75) is 4.90 Å². The topological polar surface area (TPSA) is 85.1 Å². The molecular weight excluding hydrogens is 309 g/mol. The Balaban J connectivity index is 2.36. The van der Waals surface area contributed by atoms with Crippen LogP contribution in [0.15, 0.2) is 41.4 Å². The SMILES string of the molecule is Nc1cc(S(=O)(=O)Nc2cc(Cl)cc(Cl)c2)ccn1. The van der Waals surface area contributed by atoms with E-state index < -0.39 is 10.0 Å². The van der Waals surface area contributed by atoms with E-state index in [1.807, 2.05) is 0 Å². The van der Waals surface area contributed by atoms with Crippen molar-refractivity contribution in [3.8, 4) is 0 Å². The summed E-state index contributed by atoms with van der Waals surface area (Å²) in [4.78, 5) is 3.74. The Hall–Kier alpha value is -1.50. The zero-order valence-electron chi connectivity index (χ0n) is 9.47. The molecule has 0 unspecified atom stereocenters. The molecular formula is C11H9Cl2N3O2S. The maximum atomic E-state index is 12.1. The number of aromatic nitrogens is 1. The summed E-state index contributed by atoms with van der Waals surface area (Å²) >= 11 is 11.6. The molecule has 0 aliphatic heterocycles. The molecule has 0 aliphatic rings. The van der Waals surface area contributed by atoms with Gasteiger partial charge in [-0.1, -0.05) is 23.2 Å². The van der Waals surface area contributed by atoms with E-state index in [0.29, 0.717) is 10.0 Å². The molecule has 0 bridgehead atoms. The third-order valence-electron chi connectivity index (χ3n) is 2.18. The number of hydrogen-bond acceptors (Lipinski definition) is 4. The lowest BCUT2D eigenvalue weighted by atomic mass is 10.3. The molecule has 1 aromatic heterocycles. The van der Waals surface area contributed by atoms with Crippen LogP contribution in [0.25, 0.3) is 0 Å². The Labute approximate surface area is 120 Å². The first-order chi connectivity index (χ1) is 8.87. The summed E-state index contributed by atoms with van der Waals surface area (Å²) in [5.74, 6) is 0.118. The summed E-state index contributed by atoms with van der Waals surface area (Å²) in [6, 6.07) is 7.01. The van der Waals surface area contributed by atoms with Gasteiger partial charge in [0.15, 0.2) is 0 Å². The minimum Gasteiger partial charge on any atom is -0.384 e. The molecule has 0 fully saturated rings. The Morgan fingerprint density at radius 2 is 1.74 bits per heavy atom. The molecule has 5 nitrogen and oxygen atoms in total. The molecule has 0 amide bonds. The number of benzene rings is 1. The maximum Gasteiger partial charge on any atom is 0.262 e. The molecule has 0 aliphatic carbocycles. The fraction of sp³-hybridized carbons (Fsp3) is 0. The highest BCUT2D eigenvalue weighted by Gasteiger charge is 2.15. The van der Waals surface area contributed by atoms with Gasteiger partial charge in [-0.2, -0.15) is 0 Å². The molecule has 2 aromatic rings. The van der Waals surface area contributed by atoms with Gasteiger partial charge >= 0.3 is 0 Å². The van der Waals surface area contributed by atoms with Crippen LogP contribution in [-0.2, 0) is 10.0 Å². The first-order valence-electron chi connectivity index (χ1n) is 5.07.